The Kier molecular flexibility index (Phi) is 6.00. The molecule has 1 aliphatic heterocycles. The molecule has 1 unspecified atom stereocenters. The minimum Gasteiger partial charge on any atom is -0.378 e. The van der Waals surface area contributed by atoms with E-state index in [1.165, 1.54) is 23.4 Å². The number of hydrogen-bond acceptors (Lipinski definition) is 6. The lowest BCUT2D eigenvalue weighted by molar-refractivity contribution is 0.122. The molecule has 1 saturated heterocycles. The Balaban J connectivity index is 1.76. The normalized spacial score (nSPS) is 23.1. The molecule has 134 valence electrons. The van der Waals surface area contributed by atoms with Gasteiger partial charge in [0.25, 0.3) is 0 Å². The van der Waals surface area contributed by atoms with Crippen LogP contribution < -0.4 is 10.2 Å². The van der Waals surface area contributed by atoms with Gasteiger partial charge in [-0.05, 0) is 43.2 Å². The maximum Gasteiger partial charge on any atom is 0.225 e. The monoisotopic (exact) mass is 350 g/mol. The number of aromatic nitrogens is 2. The number of hydrogen-bond donors (Lipinski definition) is 1. The van der Waals surface area contributed by atoms with E-state index >= 15 is 0 Å². The fraction of sp³-hybridized carbons (Fsp3) is 0.778. The molecule has 1 aromatic rings. The Morgan fingerprint density at radius 3 is 2.92 bits per heavy atom. The SMILES string of the molecule is CSCCCNC1CC(C)(C)Cc2nc(N3CCOCC3)ncc21. The van der Waals surface area contributed by atoms with Crippen molar-refractivity contribution >= 4 is 17.7 Å². The van der Waals surface area contributed by atoms with Crippen LogP contribution >= 0.6 is 11.8 Å². The van der Waals surface area contributed by atoms with Gasteiger partial charge in [0.1, 0.15) is 0 Å². The van der Waals surface area contributed by atoms with Gasteiger partial charge in [-0.1, -0.05) is 13.8 Å². The lowest BCUT2D eigenvalue weighted by atomic mass is 9.74. The van der Waals surface area contributed by atoms with Crippen LogP contribution in [0.15, 0.2) is 6.20 Å². The highest BCUT2D eigenvalue weighted by molar-refractivity contribution is 7.98. The molecule has 1 atom stereocenters. The van der Waals surface area contributed by atoms with Gasteiger partial charge in [-0.15, -0.1) is 0 Å². The van der Waals surface area contributed by atoms with E-state index < -0.39 is 0 Å². The Morgan fingerprint density at radius 2 is 2.17 bits per heavy atom. The maximum absolute atomic E-state index is 5.44. The van der Waals surface area contributed by atoms with Crippen LogP contribution in [0.5, 0.6) is 0 Å². The van der Waals surface area contributed by atoms with E-state index in [2.05, 4.69) is 41.5 Å². The molecule has 0 aromatic carbocycles. The number of nitrogens with zero attached hydrogens (tertiary/aromatic N) is 3. The highest BCUT2D eigenvalue weighted by atomic mass is 32.2. The molecule has 6 heteroatoms. The quantitative estimate of drug-likeness (QED) is 0.796. The van der Waals surface area contributed by atoms with Gasteiger partial charge in [-0.2, -0.15) is 11.8 Å². The van der Waals surface area contributed by atoms with Gasteiger partial charge in [0.05, 0.1) is 18.9 Å². The molecule has 0 radical (unpaired) electrons. The maximum atomic E-state index is 5.44. The predicted octanol–water partition coefficient (Wildman–Crippen LogP) is 2.67. The van der Waals surface area contributed by atoms with Crippen molar-refractivity contribution in [3.63, 3.8) is 0 Å². The van der Waals surface area contributed by atoms with Crippen molar-refractivity contribution in [2.24, 2.45) is 5.41 Å². The van der Waals surface area contributed by atoms with Gasteiger partial charge in [0, 0.05) is 30.9 Å². The second kappa shape index (κ2) is 8.02. The largest absolute Gasteiger partial charge is 0.378 e. The van der Waals surface area contributed by atoms with Gasteiger partial charge in [-0.25, -0.2) is 9.97 Å². The Labute approximate surface area is 150 Å². The third-order valence-corrected chi connectivity index (χ3v) is 5.57. The number of fused-ring (bicyclic) bond motifs is 1. The zero-order valence-electron chi connectivity index (χ0n) is 15.2. The van der Waals surface area contributed by atoms with Crippen LogP contribution in [0.3, 0.4) is 0 Å². The molecule has 1 fully saturated rings. The van der Waals surface area contributed by atoms with Crippen molar-refractivity contribution in [2.75, 3.05) is 49.8 Å². The van der Waals surface area contributed by atoms with Crippen molar-refractivity contribution in [3.05, 3.63) is 17.5 Å². The molecule has 0 bridgehead atoms. The molecule has 0 saturated carbocycles. The standard InChI is InChI=1S/C18H30N4OS/c1-18(2)11-15(19-5-4-10-24-3)14-13-20-17(21-16(14)12-18)22-6-8-23-9-7-22/h13,15,19H,4-12H2,1-3H3. The number of thioether (sulfide) groups is 1. The zero-order chi connectivity index (χ0) is 17.0. The van der Waals surface area contributed by atoms with Crippen molar-refractivity contribution in [1.29, 1.82) is 0 Å². The summed E-state index contributed by atoms with van der Waals surface area (Å²) in [7, 11) is 0. The number of rotatable bonds is 6. The van der Waals surface area contributed by atoms with Gasteiger partial charge in [-0.3, -0.25) is 0 Å². The van der Waals surface area contributed by atoms with Crippen molar-refractivity contribution in [2.45, 2.75) is 39.2 Å². The first-order chi connectivity index (χ1) is 11.6. The number of anilines is 1. The number of ether oxygens (including phenoxy) is 1. The Bertz CT molecular complexity index is 546. The lowest BCUT2D eigenvalue weighted by Crippen LogP contribution is -2.39. The van der Waals surface area contributed by atoms with Crippen LogP contribution in [-0.2, 0) is 11.2 Å². The first kappa shape index (κ1) is 18.0. The summed E-state index contributed by atoms with van der Waals surface area (Å²) in [5.41, 5.74) is 2.81. The molecule has 3 rings (SSSR count). The molecule has 1 aromatic heterocycles. The second-order valence-electron chi connectivity index (χ2n) is 7.57. The minimum absolute atomic E-state index is 0.279. The summed E-state index contributed by atoms with van der Waals surface area (Å²) in [5, 5.41) is 3.74. The molecule has 1 aliphatic carbocycles. The molecule has 1 N–H and O–H groups in total. The van der Waals surface area contributed by atoms with Gasteiger partial charge < -0.3 is 15.0 Å². The summed E-state index contributed by atoms with van der Waals surface area (Å²) in [6, 6.07) is 0.379. The summed E-state index contributed by atoms with van der Waals surface area (Å²) in [6.07, 6.45) is 7.62. The third kappa shape index (κ3) is 4.41. The van der Waals surface area contributed by atoms with Crippen LogP contribution in [0.4, 0.5) is 5.95 Å². The van der Waals surface area contributed by atoms with Crippen molar-refractivity contribution < 1.29 is 4.74 Å². The molecule has 0 amide bonds. The van der Waals surface area contributed by atoms with E-state index in [1.807, 2.05) is 11.8 Å². The van der Waals surface area contributed by atoms with Crippen molar-refractivity contribution in [1.82, 2.24) is 15.3 Å². The summed E-state index contributed by atoms with van der Waals surface area (Å²) in [5.74, 6) is 2.08. The van der Waals surface area contributed by atoms with E-state index in [4.69, 9.17) is 9.72 Å². The van der Waals surface area contributed by atoms with Crippen LogP contribution in [0.2, 0.25) is 0 Å². The molecule has 2 aliphatic rings. The first-order valence-corrected chi connectivity index (χ1v) is 10.4. The molecule has 24 heavy (non-hydrogen) atoms. The van der Waals surface area contributed by atoms with E-state index in [-0.39, 0.29) is 5.41 Å². The van der Waals surface area contributed by atoms with Crippen LogP contribution in [-0.4, -0.2) is 54.8 Å². The molecular weight excluding hydrogens is 320 g/mol. The predicted molar refractivity (Wildman–Crippen MR) is 101 cm³/mol. The number of morpholine rings is 1. The molecule has 0 spiro atoms. The average Bonchev–Trinajstić information content (AvgIpc) is 2.58. The summed E-state index contributed by atoms with van der Waals surface area (Å²) < 4.78 is 5.44. The van der Waals surface area contributed by atoms with E-state index in [0.29, 0.717) is 6.04 Å². The summed E-state index contributed by atoms with van der Waals surface area (Å²) in [4.78, 5) is 11.9. The molecule has 5 nitrogen and oxygen atoms in total. The lowest BCUT2D eigenvalue weighted by Gasteiger charge is -2.37. The highest BCUT2D eigenvalue weighted by Crippen LogP contribution is 2.40. The first-order valence-electron chi connectivity index (χ1n) is 9.00. The van der Waals surface area contributed by atoms with Gasteiger partial charge in [0.15, 0.2) is 0 Å². The van der Waals surface area contributed by atoms with Gasteiger partial charge in [0.2, 0.25) is 5.95 Å². The van der Waals surface area contributed by atoms with Crippen LogP contribution in [0.25, 0.3) is 0 Å². The fourth-order valence-electron chi connectivity index (χ4n) is 3.63. The van der Waals surface area contributed by atoms with E-state index in [0.717, 1.165) is 51.6 Å². The minimum atomic E-state index is 0.279. The van der Waals surface area contributed by atoms with E-state index in [9.17, 15) is 0 Å². The third-order valence-electron chi connectivity index (χ3n) is 4.88. The van der Waals surface area contributed by atoms with Crippen molar-refractivity contribution in [3.8, 4) is 0 Å². The molecule has 2 heterocycles. The topological polar surface area (TPSA) is 50.3 Å². The smallest absolute Gasteiger partial charge is 0.225 e. The Morgan fingerprint density at radius 1 is 1.38 bits per heavy atom. The Hall–Kier alpha value is -0.850. The summed E-state index contributed by atoms with van der Waals surface area (Å²) >= 11 is 1.91. The highest BCUT2D eigenvalue weighted by Gasteiger charge is 2.33. The van der Waals surface area contributed by atoms with Crippen LogP contribution in [0, 0.1) is 5.41 Å². The zero-order valence-corrected chi connectivity index (χ0v) is 16.0. The fourth-order valence-corrected chi connectivity index (χ4v) is 4.06. The second-order valence-corrected chi connectivity index (χ2v) is 8.56. The summed E-state index contributed by atoms with van der Waals surface area (Å²) in [6.45, 7) is 9.08. The van der Waals surface area contributed by atoms with Gasteiger partial charge >= 0.3 is 0 Å². The molecular formula is C18H30N4OS. The van der Waals surface area contributed by atoms with Crippen LogP contribution in [0.1, 0.15) is 44.0 Å². The van der Waals surface area contributed by atoms with E-state index in [1.54, 1.807) is 0 Å². The average molecular weight is 351 g/mol. The number of nitrogens with one attached hydrogen (secondary N) is 1.